The van der Waals surface area contributed by atoms with E-state index in [0.717, 1.165) is 32.8 Å². The largest absolute Gasteiger partial charge is 0.379 e. The van der Waals surface area contributed by atoms with Gasteiger partial charge >= 0.3 is 0 Å². The van der Waals surface area contributed by atoms with Crippen molar-refractivity contribution >= 4 is 16.9 Å². The van der Waals surface area contributed by atoms with E-state index in [9.17, 15) is 0 Å². The highest BCUT2D eigenvalue weighted by atomic mass is 32.2. The molecule has 0 radical (unpaired) electrons. The summed E-state index contributed by atoms with van der Waals surface area (Å²) in [4.78, 5) is 6.78. The van der Waals surface area contributed by atoms with Crippen LogP contribution in [-0.4, -0.2) is 55.2 Å². The summed E-state index contributed by atoms with van der Waals surface area (Å²) in [5, 5.41) is 11.8. The van der Waals surface area contributed by atoms with E-state index in [4.69, 9.17) is 10.00 Å². The summed E-state index contributed by atoms with van der Waals surface area (Å²) >= 11 is 1.46. The fourth-order valence-corrected chi connectivity index (χ4v) is 2.02. The Hall–Kier alpha value is -0.770. The van der Waals surface area contributed by atoms with Gasteiger partial charge in [0.2, 0.25) is 0 Å². The van der Waals surface area contributed by atoms with Gasteiger partial charge in [0.05, 0.1) is 19.3 Å². The Morgan fingerprint density at radius 1 is 1.62 bits per heavy atom. The number of aliphatic imine (C=N–C) groups is 1. The summed E-state index contributed by atoms with van der Waals surface area (Å²) < 4.78 is 5.29. The lowest BCUT2D eigenvalue weighted by Gasteiger charge is -2.27. The van der Waals surface area contributed by atoms with Crippen LogP contribution in [0, 0.1) is 11.5 Å². The fourth-order valence-electron chi connectivity index (χ4n) is 1.58. The van der Waals surface area contributed by atoms with Crippen molar-refractivity contribution in [3.05, 3.63) is 0 Å². The Morgan fingerprint density at radius 2 is 2.31 bits per heavy atom. The topological polar surface area (TPSA) is 60.6 Å². The Labute approximate surface area is 101 Å². The van der Waals surface area contributed by atoms with E-state index in [1.165, 1.54) is 11.8 Å². The normalized spacial score (nSPS) is 20.2. The van der Waals surface area contributed by atoms with Gasteiger partial charge in [0, 0.05) is 19.6 Å². The zero-order valence-corrected chi connectivity index (χ0v) is 10.6. The standard InChI is InChI=1S/C10H18N4OS/c1-9(13-10(16-2)12-8-11)7-14-3-5-15-6-4-14/h9H,3-7H2,1-2H3,(H,12,13). The molecule has 5 nitrogen and oxygen atoms in total. The Bertz CT molecular complexity index is 270. The Kier molecular flexibility index (Phi) is 6.23. The van der Waals surface area contributed by atoms with Crippen molar-refractivity contribution in [1.82, 2.24) is 10.2 Å². The number of ether oxygens (including phenoxy) is 1. The monoisotopic (exact) mass is 242 g/mol. The van der Waals surface area contributed by atoms with Crippen LogP contribution in [0.5, 0.6) is 0 Å². The minimum atomic E-state index is 0.196. The highest BCUT2D eigenvalue weighted by Crippen LogP contribution is 2.03. The van der Waals surface area contributed by atoms with Crippen molar-refractivity contribution in [2.75, 3.05) is 39.1 Å². The number of rotatable bonds is 3. The first-order chi connectivity index (χ1) is 7.76. The van der Waals surface area contributed by atoms with Crippen molar-refractivity contribution in [2.45, 2.75) is 13.0 Å². The zero-order chi connectivity index (χ0) is 11.8. The first-order valence-electron chi connectivity index (χ1n) is 5.33. The summed E-state index contributed by atoms with van der Waals surface area (Å²) in [6.07, 6.45) is 3.80. The third-order valence-corrected chi connectivity index (χ3v) is 2.91. The molecule has 1 unspecified atom stereocenters. The van der Waals surface area contributed by atoms with Gasteiger partial charge in [0.15, 0.2) is 11.4 Å². The number of nitriles is 1. The molecule has 1 N–H and O–H groups in total. The van der Waals surface area contributed by atoms with E-state index in [2.05, 4.69) is 22.1 Å². The molecule has 0 aromatic heterocycles. The van der Waals surface area contributed by atoms with Crippen LogP contribution in [0.1, 0.15) is 6.92 Å². The second-order valence-electron chi connectivity index (χ2n) is 3.64. The molecule has 1 atom stereocenters. The maximum atomic E-state index is 8.52. The van der Waals surface area contributed by atoms with Crippen LogP contribution in [0.15, 0.2) is 4.99 Å². The number of thioether (sulfide) groups is 1. The highest BCUT2D eigenvalue weighted by Gasteiger charge is 2.13. The van der Waals surface area contributed by atoms with E-state index in [0.29, 0.717) is 5.17 Å². The molecule has 16 heavy (non-hydrogen) atoms. The Morgan fingerprint density at radius 3 is 2.88 bits per heavy atom. The quantitative estimate of drug-likeness (QED) is 0.338. The van der Waals surface area contributed by atoms with Crippen LogP contribution in [0.25, 0.3) is 0 Å². The summed E-state index contributed by atoms with van der Waals surface area (Å²) in [7, 11) is 0. The second kappa shape index (κ2) is 7.49. The lowest BCUT2D eigenvalue weighted by Crippen LogP contribution is -2.40. The molecular weight excluding hydrogens is 224 g/mol. The van der Waals surface area contributed by atoms with Crippen LogP contribution in [0.4, 0.5) is 0 Å². The van der Waals surface area contributed by atoms with Gasteiger partial charge in [-0.2, -0.15) is 5.26 Å². The molecule has 6 heteroatoms. The first-order valence-corrected chi connectivity index (χ1v) is 6.55. The average molecular weight is 242 g/mol. The molecular formula is C10H18N4OS. The predicted molar refractivity (Wildman–Crippen MR) is 66.4 cm³/mol. The molecule has 0 aromatic carbocycles. The molecule has 0 bridgehead atoms. The molecule has 1 aliphatic heterocycles. The van der Waals surface area contributed by atoms with Gasteiger partial charge in [-0.1, -0.05) is 11.8 Å². The minimum absolute atomic E-state index is 0.196. The van der Waals surface area contributed by atoms with E-state index in [1.54, 1.807) is 0 Å². The van der Waals surface area contributed by atoms with Gasteiger partial charge in [-0.3, -0.25) is 15.2 Å². The predicted octanol–water partition coefficient (Wildman–Crippen LogP) is 0.497. The summed E-state index contributed by atoms with van der Waals surface area (Å²) in [6.45, 7) is 6.54. The smallest absolute Gasteiger partial charge is 0.183 e. The molecule has 90 valence electrons. The fraction of sp³-hybridized carbons (Fsp3) is 0.800. The van der Waals surface area contributed by atoms with Crippen LogP contribution < -0.4 is 5.32 Å². The van der Waals surface area contributed by atoms with E-state index in [-0.39, 0.29) is 6.04 Å². The van der Waals surface area contributed by atoms with Crippen molar-refractivity contribution in [3.63, 3.8) is 0 Å². The number of morpholine rings is 1. The SMILES string of the molecule is CSC(=NC(C)CN1CCOCC1)NC#N. The second-order valence-corrected chi connectivity index (χ2v) is 4.43. The van der Waals surface area contributed by atoms with E-state index in [1.807, 2.05) is 12.4 Å². The maximum absolute atomic E-state index is 8.52. The van der Waals surface area contributed by atoms with Gasteiger partial charge in [-0.25, -0.2) is 0 Å². The molecule has 1 saturated heterocycles. The van der Waals surface area contributed by atoms with Crippen LogP contribution in [-0.2, 0) is 4.74 Å². The number of hydrogen-bond acceptors (Lipinski definition) is 5. The lowest BCUT2D eigenvalue weighted by atomic mass is 10.3. The molecule has 0 amide bonds. The number of nitrogens with zero attached hydrogens (tertiary/aromatic N) is 3. The van der Waals surface area contributed by atoms with Gasteiger partial charge in [0.1, 0.15) is 0 Å². The van der Waals surface area contributed by atoms with Crippen LogP contribution in [0.3, 0.4) is 0 Å². The number of amidine groups is 1. The van der Waals surface area contributed by atoms with Crippen LogP contribution >= 0.6 is 11.8 Å². The molecule has 1 fully saturated rings. The third-order valence-electron chi connectivity index (χ3n) is 2.32. The third kappa shape index (κ3) is 4.84. The number of hydrogen-bond donors (Lipinski definition) is 1. The van der Waals surface area contributed by atoms with Crippen molar-refractivity contribution in [1.29, 1.82) is 5.26 Å². The van der Waals surface area contributed by atoms with E-state index >= 15 is 0 Å². The summed E-state index contributed by atoms with van der Waals surface area (Å²) in [5.74, 6) is 0. The summed E-state index contributed by atoms with van der Waals surface area (Å²) in [6, 6.07) is 0.196. The van der Waals surface area contributed by atoms with Gasteiger partial charge in [0.25, 0.3) is 0 Å². The van der Waals surface area contributed by atoms with Gasteiger partial charge in [-0.15, -0.1) is 0 Å². The van der Waals surface area contributed by atoms with Crippen molar-refractivity contribution in [3.8, 4) is 6.19 Å². The molecule has 1 rings (SSSR count). The highest BCUT2D eigenvalue weighted by molar-refractivity contribution is 8.13. The molecule has 1 heterocycles. The van der Waals surface area contributed by atoms with Crippen LogP contribution in [0.2, 0.25) is 0 Å². The molecule has 0 saturated carbocycles. The van der Waals surface area contributed by atoms with Gasteiger partial charge in [-0.05, 0) is 13.2 Å². The zero-order valence-electron chi connectivity index (χ0n) is 9.77. The summed E-state index contributed by atoms with van der Waals surface area (Å²) in [5.41, 5.74) is 0. The average Bonchev–Trinajstić information content (AvgIpc) is 2.29. The van der Waals surface area contributed by atoms with Gasteiger partial charge < -0.3 is 4.74 Å². The molecule has 1 aliphatic rings. The lowest BCUT2D eigenvalue weighted by molar-refractivity contribution is 0.0361. The van der Waals surface area contributed by atoms with E-state index < -0.39 is 0 Å². The number of nitrogens with one attached hydrogen (secondary N) is 1. The molecule has 0 aliphatic carbocycles. The van der Waals surface area contributed by atoms with Crippen molar-refractivity contribution in [2.24, 2.45) is 4.99 Å². The molecule has 0 spiro atoms. The maximum Gasteiger partial charge on any atom is 0.183 e. The van der Waals surface area contributed by atoms with Crippen molar-refractivity contribution < 1.29 is 4.74 Å². The minimum Gasteiger partial charge on any atom is -0.379 e. The Balaban J connectivity index is 2.38. The first kappa shape index (κ1) is 13.3. The molecule has 0 aromatic rings.